The summed E-state index contributed by atoms with van der Waals surface area (Å²) >= 11 is 0. The minimum Gasteiger partial charge on any atom is -0.339 e. The molecule has 2 rings (SSSR count). The molecule has 22 heavy (non-hydrogen) atoms. The van der Waals surface area contributed by atoms with Crippen LogP contribution in [0.1, 0.15) is 43.5 Å². The lowest BCUT2D eigenvalue weighted by molar-refractivity contribution is 0.0769. The average Bonchev–Trinajstić information content (AvgIpc) is 2.56. The zero-order chi connectivity index (χ0) is 16.2. The molecule has 1 aliphatic heterocycles. The van der Waals surface area contributed by atoms with Crippen molar-refractivity contribution in [3.05, 3.63) is 29.8 Å². The number of benzene rings is 1. The molecule has 0 unspecified atom stereocenters. The lowest BCUT2D eigenvalue weighted by Gasteiger charge is -2.27. The number of amides is 1. The van der Waals surface area contributed by atoms with Gasteiger partial charge < -0.3 is 4.90 Å². The SMILES string of the molecule is CCN(CC)C(=O)c1ccccc1S(=O)(=O)N1CCCCC1. The predicted molar refractivity (Wildman–Crippen MR) is 86.3 cm³/mol. The van der Waals surface area contributed by atoms with E-state index in [-0.39, 0.29) is 16.4 Å². The molecule has 122 valence electrons. The van der Waals surface area contributed by atoms with Crippen LogP contribution in [0.25, 0.3) is 0 Å². The van der Waals surface area contributed by atoms with Crippen molar-refractivity contribution in [2.45, 2.75) is 38.0 Å². The molecular formula is C16H24N2O3S. The van der Waals surface area contributed by atoms with E-state index in [1.807, 2.05) is 13.8 Å². The highest BCUT2D eigenvalue weighted by atomic mass is 32.2. The Hall–Kier alpha value is -1.40. The molecule has 0 saturated carbocycles. The molecule has 6 heteroatoms. The van der Waals surface area contributed by atoms with Crippen molar-refractivity contribution in [1.82, 2.24) is 9.21 Å². The van der Waals surface area contributed by atoms with Gasteiger partial charge in [-0.3, -0.25) is 4.79 Å². The van der Waals surface area contributed by atoms with Crippen molar-refractivity contribution in [3.8, 4) is 0 Å². The molecule has 1 aromatic rings. The summed E-state index contributed by atoms with van der Waals surface area (Å²) in [6, 6.07) is 6.54. The Bertz CT molecular complexity index is 618. The van der Waals surface area contributed by atoms with Crippen molar-refractivity contribution in [3.63, 3.8) is 0 Å². The molecule has 0 spiro atoms. The van der Waals surface area contributed by atoms with Crippen LogP contribution < -0.4 is 0 Å². The first-order valence-corrected chi connectivity index (χ1v) is 9.34. The quantitative estimate of drug-likeness (QED) is 0.835. The van der Waals surface area contributed by atoms with Gasteiger partial charge in [0.2, 0.25) is 10.0 Å². The van der Waals surface area contributed by atoms with Crippen LogP contribution in [0.5, 0.6) is 0 Å². The zero-order valence-corrected chi connectivity index (χ0v) is 14.1. The third-order valence-corrected chi connectivity index (χ3v) is 6.06. The molecule has 0 N–H and O–H groups in total. The molecule has 1 amide bonds. The van der Waals surface area contributed by atoms with E-state index >= 15 is 0 Å². The van der Waals surface area contributed by atoms with E-state index in [1.165, 1.54) is 4.31 Å². The smallest absolute Gasteiger partial charge is 0.255 e. The fourth-order valence-electron chi connectivity index (χ4n) is 2.79. The van der Waals surface area contributed by atoms with Gasteiger partial charge >= 0.3 is 0 Å². The molecule has 0 radical (unpaired) electrons. The van der Waals surface area contributed by atoms with Crippen LogP contribution in [0.3, 0.4) is 0 Å². The summed E-state index contributed by atoms with van der Waals surface area (Å²) in [6.07, 6.45) is 2.82. The second kappa shape index (κ2) is 7.24. The van der Waals surface area contributed by atoms with Crippen molar-refractivity contribution >= 4 is 15.9 Å². The van der Waals surface area contributed by atoms with E-state index in [4.69, 9.17) is 0 Å². The fraction of sp³-hybridized carbons (Fsp3) is 0.562. The Kier molecular flexibility index (Phi) is 5.58. The van der Waals surface area contributed by atoms with Crippen LogP contribution in [-0.4, -0.2) is 49.7 Å². The van der Waals surface area contributed by atoms with Crippen molar-refractivity contribution in [2.24, 2.45) is 0 Å². The zero-order valence-electron chi connectivity index (χ0n) is 13.3. The number of rotatable bonds is 5. The topological polar surface area (TPSA) is 57.7 Å². The van der Waals surface area contributed by atoms with Gasteiger partial charge in [0.05, 0.1) is 10.5 Å². The maximum atomic E-state index is 12.9. The Morgan fingerprint density at radius 1 is 1.09 bits per heavy atom. The molecule has 0 atom stereocenters. The number of piperidine rings is 1. The number of sulfonamides is 1. The molecule has 0 aromatic heterocycles. The number of carbonyl (C=O) groups excluding carboxylic acids is 1. The van der Waals surface area contributed by atoms with Crippen molar-refractivity contribution in [2.75, 3.05) is 26.2 Å². The van der Waals surface area contributed by atoms with Crippen LogP contribution in [0.2, 0.25) is 0 Å². The molecule has 1 aliphatic rings. The number of nitrogens with zero attached hydrogens (tertiary/aromatic N) is 2. The maximum Gasteiger partial charge on any atom is 0.255 e. The maximum absolute atomic E-state index is 12.9. The number of carbonyl (C=O) groups is 1. The van der Waals surface area contributed by atoms with Gasteiger partial charge in [0.25, 0.3) is 5.91 Å². The molecule has 5 nitrogen and oxygen atoms in total. The van der Waals surface area contributed by atoms with Crippen molar-refractivity contribution in [1.29, 1.82) is 0 Å². The Morgan fingerprint density at radius 2 is 1.68 bits per heavy atom. The molecule has 0 bridgehead atoms. The summed E-state index contributed by atoms with van der Waals surface area (Å²) < 4.78 is 27.2. The molecule has 0 aliphatic carbocycles. The van der Waals surface area contributed by atoms with Crippen molar-refractivity contribution < 1.29 is 13.2 Å². The first-order valence-electron chi connectivity index (χ1n) is 7.90. The Morgan fingerprint density at radius 3 is 2.27 bits per heavy atom. The van der Waals surface area contributed by atoms with E-state index in [1.54, 1.807) is 29.2 Å². The summed E-state index contributed by atoms with van der Waals surface area (Å²) in [5.74, 6) is -0.221. The van der Waals surface area contributed by atoms with Gasteiger partial charge in [-0.05, 0) is 38.8 Å². The highest BCUT2D eigenvalue weighted by Crippen LogP contribution is 2.24. The number of hydrogen-bond acceptors (Lipinski definition) is 3. The monoisotopic (exact) mass is 324 g/mol. The second-order valence-electron chi connectivity index (χ2n) is 5.44. The molecule has 1 heterocycles. The first-order chi connectivity index (χ1) is 10.5. The summed E-state index contributed by atoms with van der Waals surface area (Å²) in [5.41, 5.74) is 0.275. The predicted octanol–water partition coefficient (Wildman–Crippen LogP) is 2.34. The van der Waals surface area contributed by atoms with Crippen LogP contribution in [0, 0.1) is 0 Å². The van der Waals surface area contributed by atoms with Crippen LogP contribution in [-0.2, 0) is 10.0 Å². The fourth-order valence-corrected chi connectivity index (χ4v) is 4.49. The molecular weight excluding hydrogens is 300 g/mol. The summed E-state index contributed by atoms with van der Waals surface area (Å²) in [7, 11) is -3.60. The van der Waals surface area contributed by atoms with E-state index in [2.05, 4.69) is 0 Å². The largest absolute Gasteiger partial charge is 0.339 e. The molecule has 1 saturated heterocycles. The first kappa shape index (κ1) is 17.0. The van der Waals surface area contributed by atoms with Gasteiger partial charge in [0.1, 0.15) is 0 Å². The van der Waals surface area contributed by atoms with Gasteiger partial charge in [0.15, 0.2) is 0 Å². The van der Waals surface area contributed by atoms with Gasteiger partial charge in [-0.1, -0.05) is 18.6 Å². The van der Waals surface area contributed by atoms with E-state index in [0.29, 0.717) is 26.2 Å². The Labute approximate surface area is 133 Å². The highest BCUT2D eigenvalue weighted by Gasteiger charge is 2.30. The van der Waals surface area contributed by atoms with Gasteiger partial charge in [0, 0.05) is 26.2 Å². The van der Waals surface area contributed by atoms with Gasteiger partial charge in [-0.2, -0.15) is 4.31 Å². The lowest BCUT2D eigenvalue weighted by Crippen LogP contribution is -2.37. The van der Waals surface area contributed by atoms with E-state index in [0.717, 1.165) is 19.3 Å². The summed E-state index contributed by atoms with van der Waals surface area (Å²) in [4.78, 5) is 14.4. The van der Waals surface area contributed by atoms with E-state index in [9.17, 15) is 13.2 Å². The minimum absolute atomic E-state index is 0.133. The van der Waals surface area contributed by atoms with Gasteiger partial charge in [-0.15, -0.1) is 0 Å². The third-order valence-electron chi connectivity index (χ3n) is 4.10. The highest BCUT2D eigenvalue weighted by molar-refractivity contribution is 7.89. The van der Waals surface area contributed by atoms with E-state index < -0.39 is 10.0 Å². The summed E-state index contributed by atoms with van der Waals surface area (Å²) in [5, 5.41) is 0. The molecule has 1 aromatic carbocycles. The standard InChI is InChI=1S/C16H24N2O3S/c1-3-17(4-2)16(19)14-10-6-7-11-15(14)22(20,21)18-12-8-5-9-13-18/h6-7,10-11H,3-5,8-9,12-13H2,1-2H3. The average molecular weight is 324 g/mol. The normalized spacial score (nSPS) is 16.5. The summed E-state index contributed by atoms with van der Waals surface area (Å²) in [6.45, 7) is 5.99. The molecule has 1 fully saturated rings. The second-order valence-corrected chi connectivity index (χ2v) is 7.34. The Balaban J connectivity index is 2.41. The van der Waals surface area contributed by atoms with Crippen LogP contribution >= 0.6 is 0 Å². The lowest BCUT2D eigenvalue weighted by atomic mass is 10.2. The third kappa shape index (κ3) is 3.33. The van der Waals surface area contributed by atoms with Crippen LogP contribution in [0.15, 0.2) is 29.2 Å². The number of hydrogen-bond donors (Lipinski definition) is 0. The van der Waals surface area contributed by atoms with Gasteiger partial charge in [-0.25, -0.2) is 8.42 Å². The van der Waals surface area contributed by atoms with Crippen LogP contribution in [0.4, 0.5) is 0 Å². The minimum atomic E-state index is -3.60.